The van der Waals surface area contributed by atoms with Gasteiger partial charge in [-0.15, -0.1) is 10.2 Å². The molecule has 0 aliphatic heterocycles. The van der Waals surface area contributed by atoms with E-state index in [2.05, 4.69) is 10.2 Å². The largest absolute Gasteiger partial charge is 0.268 e. The molecule has 0 saturated heterocycles. The molecule has 0 spiro atoms. The Labute approximate surface area is 102 Å². The minimum Gasteiger partial charge on any atom is -0.268 e. The van der Waals surface area contributed by atoms with Crippen LogP contribution in [0.4, 0.5) is 0 Å². The zero-order valence-corrected chi connectivity index (χ0v) is 9.98. The SMILES string of the molecule is Cc1nnc(Cl)n1-c1cccc(Cl)c1Cl. The molecule has 2 aromatic rings. The summed E-state index contributed by atoms with van der Waals surface area (Å²) in [5, 5.41) is 8.75. The molecule has 0 aliphatic rings. The van der Waals surface area contributed by atoms with Crippen molar-refractivity contribution in [1.29, 1.82) is 0 Å². The summed E-state index contributed by atoms with van der Waals surface area (Å²) >= 11 is 17.9. The number of hydrogen-bond acceptors (Lipinski definition) is 2. The van der Waals surface area contributed by atoms with Gasteiger partial charge in [-0.05, 0) is 30.7 Å². The maximum absolute atomic E-state index is 6.06. The van der Waals surface area contributed by atoms with E-state index in [9.17, 15) is 0 Å². The van der Waals surface area contributed by atoms with Gasteiger partial charge in [0.2, 0.25) is 5.28 Å². The van der Waals surface area contributed by atoms with Crippen molar-refractivity contribution in [2.45, 2.75) is 6.92 Å². The highest BCUT2D eigenvalue weighted by molar-refractivity contribution is 6.43. The molecule has 0 unspecified atom stereocenters. The van der Waals surface area contributed by atoms with E-state index in [0.717, 1.165) is 0 Å². The second-order valence-corrected chi connectivity index (χ2v) is 4.05. The first kappa shape index (κ1) is 10.7. The van der Waals surface area contributed by atoms with Crippen LogP contribution in [0.25, 0.3) is 5.69 Å². The number of aryl methyl sites for hydroxylation is 1. The first-order valence-electron chi connectivity index (χ1n) is 4.13. The normalized spacial score (nSPS) is 10.7. The van der Waals surface area contributed by atoms with E-state index >= 15 is 0 Å². The summed E-state index contributed by atoms with van der Waals surface area (Å²) in [7, 11) is 0. The van der Waals surface area contributed by atoms with E-state index in [1.54, 1.807) is 29.7 Å². The van der Waals surface area contributed by atoms with E-state index in [0.29, 0.717) is 21.6 Å². The highest BCUT2D eigenvalue weighted by Gasteiger charge is 2.12. The van der Waals surface area contributed by atoms with E-state index < -0.39 is 0 Å². The van der Waals surface area contributed by atoms with Crippen molar-refractivity contribution >= 4 is 34.8 Å². The number of halogens is 3. The van der Waals surface area contributed by atoms with Gasteiger partial charge < -0.3 is 0 Å². The lowest BCUT2D eigenvalue weighted by molar-refractivity contribution is 0.970. The minimum atomic E-state index is 0.261. The monoisotopic (exact) mass is 261 g/mol. The number of hydrogen-bond donors (Lipinski definition) is 0. The average Bonchev–Trinajstić information content (AvgIpc) is 2.52. The van der Waals surface area contributed by atoms with Gasteiger partial charge in [-0.2, -0.15) is 0 Å². The first-order chi connectivity index (χ1) is 7.11. The molecule has 0 fully saturated rings. The molecule has 0 aliphatic carbocycles. The predicted molar refractivity (Wildman–Crippen MR) is 61.1 cm³/mol. The number of aromatic nitrogens is 3. The predicted octanol–water partition coefficient (Wildman–Crippen LogP) is 3.54. The lowest BCUT2D eigenvalue weighted by Gasteiger charge is -2.08. The maximum Gasteiger partial charge on any atom is 0.229 e. The molecule has 0 amide bonds. The van der Waals surface area contributed by atoms with Crippen LogP contribution in [0.2, 0.25) is 15.3 Å². The van der Waals surface area contributed by atoms with Crippen LogP contribution >= 0.6 is 34.8 Å². The summed E-state index contributed by atoms with van der Waals surface area (Å²) in [5.41, 5.74) is 0.677. The van der Waals surface area contributed by atoms with Crippen molar-refractivity contribution in [1.82, 2.24) is 14.8 Å². The lowest BCUT2D eigenvalue weighted by atomic mass is 10.3. The molecule has 78 valence electrons. The van der Waals surface area contributed by atoms with Gasteiger partial charge in [-0.25, -0.2) is 0 Å². The Balaban J connectivity index is 2.69. The smallest absolute Gasteiger partial charge is 0.229 e. The zero-order valence-electron chi connectivity index (χ0n) is 7.71. The molecule has 15 heavy (non-hydrogen) atoms. The summed E-state index contributed by atoms with van der Waals surface area (Å²) in [6.45, 7) is 1.79. The molecule has 0 atom stereocenters. The van der Waals surface area contributed by atoms with Crippen LogP contribution in [-0.2, 0) is 0 Å². The van der Waals surface area contributed by atoms with Crippen LogP contribution < -0.4 is 0 Å². The van der Waals surface area contributed by atoms with E-state index in [-0.39, 0.29) is 5.28 Å². The van der Waals surface area contributed by atoms with Gasteiger partial charge in [-0.1, -0.05) is 29.3 Å². The number of rotatable bonds is 1. The Morgan fingerprint density at radius 3 is 2.47 bits per heavy atom. The van der Waals surface area contributed by atoms with Crippen LogP contribution in [0.5, 0.6) is 0 Å². The summed E-state index contributed by atoms with van der Waals surface area (Å²) in [6.07, 6.45) is 0. The minimum absolute atomic E-state index is 0.261. The first-order valence-corrected chi connectivity index (χ1v) is 5.26. The topological polar surface area (TPSA) is 30.7 Å². The van der Waals surface area contributed by atoms with E-state index in [4.69, 9.17) is 34.8 Å². The zero-order chi connectivity index (χ0) is 11.0. The molecule has 1 heterocycles. The fraction of sp³-hybridized carbons (Fsp3) is 0.111. The van der Waals surface area contributed by atoms with Crippen LogP contribution in [0.15, 0.2) is 18.2 Å². The third kappa shape index (κ3) is 1.83. The average molecular weight is 263 g/mol. The van der Waals surface area contributed by atoms with Crippen LogP contribution in [0.3, 0.4) is 0 Å². The van der Waals surface area contributed by atoms with Crippen LogP contribution in [0, 0.1) is 6.92 Å². The van der Waals surface area contributed by atoms with Crippen LogP contribution in [-0.4, -0.2) is 14.8 Å². The Morgan fingerprint density at radius 1 is 1.13 bits per heavy atom. The van der Waals surface area contributed by atoms with Crippen molar-refractivity contribution in [2.24, 2.45) is 0 Å². The van der Waals surface area contributed by atoms with Gasteiger partial charge in [0, 0.05) is 0 Å². The van der Waals surface area contributed by atoms with E-state index in [1.807, 2.05) is 0 Å². The number of nitrogens with zero attached hydrogens (tertiary/aromatic N) is 3. The van der Waals surface area contributed by atoms with Gasteiger partial charge in [0.1, 0.15) is 5.82 Å². The fourth-order valence-corrected chi connectivity index (χ4v) is 1.91. The molecule has 0 bridgehead atoms. The standard InChI is InChI=1S/C9H6Cl3N3/c1-5-13-14-9(12)15(5)7-4-2-3-6(10)8(7)11/h2-4H,1H3. The molecular weight excluding hydrogens is 256 g/mol. The molecule has 2 rings (SSSR count). The summed E-state index contributed by atoms with van der Waals surface area (Å²) in [5.74, 6) is 0.657. The highest BCUT2D eigenvalue weighted by Crippen LogP contribution is 2.30. The summed E-state index contributed by atoms with van der Waals surface area (Å²) in [6, 6.07) is 5.30. The lowest BCUT2D eigenvalue weighted by Crippen LogP contribution is -1.98. The fourth-order valence-electron chi connectivity index (χ4n) is 1.28. The van der Waals surface area contributed by atoms with Gasteiger partial charge in [0.25, 0.3) is 0 Å². The van der Waals surface area contributed by atoms with Crippen molar-refractivity contribution in [3.63, 3.8) is 0 Å². The molecule has 0 radical (unpaired) electrons. The highest BCUT2D eigenvalue weighted by atomic mass is 35.5. The van der Waals surface area contributed by atoms with Gasteiger partial charge >= 0.3 is 0 Å². The second-order valence-electron chi connectivity index (χ2n) is 2.92. The van der Waals surface area contributed by atoms with Crippen molar-refractivity contribution in [3.05, 3.63) is 39.4 Å². The van der Waals surface area contributed by atoms with Gasteiger partial charge in [0.15, 0.2) is 0 Å². The molecule has 3 nitrogen and oxygen atoms in total. The van der Waals surface area contributed by atoms with Crippen molar-refractivity contribution < 1.29 is 0 Å². The Hall–Kier alpha value is -0.770. The molecule has 6 heteroatoms. The van der Waals surface area contributed by atoms with Crippen molar-refractivity contribution in [3.8, 4) is 5.69 Å². The number of benzene rings is 1. The third-order valence-corrected chi connectivity index (χ3v) is 3.01. The summed E-state index contributed by atoms with van der Waals surface area (Å²) < 4.78 is 1.63. The Bertz CT molecular complexity index is 488. The van der Waals surface area contributed by atoms with Gasteiger partial charge in [0.05, 0.1) is 15.7 Å². The molecular formula is C9H6Cl3N3. The Kier molecular flexibility index (Phi) is 2.87. The molecule has 0 N–H and O–H groups in total. The summed E-state index contributed by atoms with van der Waals surface area (Å²) in [4.78, 5) is 0. The van der Waals surface area contributed by atoms with Crippen molar-refractivity contribution in [2.75, 3.05) is 0 Å². The maximum atomic E-state index is 6.06. The molecule has 0 saturated carbocycles. The third-order valence-electron chi connectivity index (χ3n) is 1.96. The second kappa shape index (κ2) is 4.00. The van der Waals surface area contributed by atoms with Crippen LogP contribution in [0.1, 0.15) is 5.82 Å². The Morgan fingerprint density at radius 2 is 1.87 bits per heavy atom. The molecule has 1 aromatic heterocycles. The van der Waals surface area contributed by atoms with Gasteiger partial charge in [-0.3, -0.25) is 4.57 Å². The van der Waals surface area contributed by atoms with E-state index in [1.165, 1.54) is 0 Å². The molecule has 1 aromatic carbocycles. The quantitative estimate of drug-likeness (QED) is 0.787.